The second-order valence-electron chi connectivity index (χ2n) is 6.97. The normalized spacial score (nSPS) is 47.8. The van der Waals surface area contributed by atoms with Crippen molar-refractivity contribution in [2.24, 2.45) is 17.8 Å². The highest BCUT2D eigenvalue weighted by Gasteiger charge is 2.55. The number of alkyl carbamates (subject to hydrolysis) is 1. The summed E-state index contributed by atoms with van der Waals surface area (Å²) in [5, 5.41) is 5.85. The number of cyclic esters (lactones) is 1. The third-order valence-corrected chi connectivity index (χ3v) is 5.87. The van der Waals surface area contributed by atoms with Gasteiger partial charge in [0.1, 0.15) is 6.61 Å². The summed E-state index contributed by atoms with van der Waals surface area (Å²) in [5.41, 5.74) is 2.53. The molecule has 2 saturated heterocycles. The van der Waals surface area contributed by atoms with Crippen LogP contribution in [-0.4, -0.2) is 37.1 Å². The number of hydrogen-bond donors (Lipinski definition) is 3. The van der Waals surface area contributed by atoms with Gasteiger partial charge in [0.2, 0.25) is 0 Å². The fraction of sp³-hybridized carbons (Fsp3) is 0.929. The van der Waals surface area contributed by atoms with E-state index < -0.39 is 12.7 Å². The number of carbonyl (C=O) groups is 1. The molecule has 0 aromatic heterocycles. The molecule has 6 nitrogen and oxygen atoms in total. The van der Waals surface area contributed by atoms with Gasteiger partial charge in [0.15, 0.2) is 6.23 Å². The van der Waals surface area contributed by atoms with Crippen molar-refractivity contribution < 1.29 is 23.1 Å². The standard InChI is InChI=1S/C14H21F2N3O3/c15-10(16)12-17-11(19-22-12)8-1-2-9-7(5-8)3-4-14(9)6-21-13(20)18-14/h7-12,17,19H,1-6H2,(H,18,20)/t7?,8?,9?,11?,12?,14-/m1/s1. The van der Waals surface area contributed by atoms with E-state index in [9.17, 15) is 13.6 Å². The van der Waals surface area contributed by atoms with Crippen molar-refractivity contribution in [2.75, 3.05) is 6.61 Å². The van der Waals surface area contributed by atoms with Crippen molar-refractivity contribution in [3.8, 4) is 0 Å². The summed E-state index contributed by atoms with van der Waals surface area (Å²) in [6.07, 6.45) is 0.599. The molecule has 0 aromatic carbocycles. The highest BCUT2D eigenvalue weighted by Crippen LogP contribution is 2.51. The van der Waals surface area contributed by atoms with E-state index >= 15 is 0 Å². The monoisotopic (exact) mass is 317 g/mol. The molecule has 0 aromatic rings. The molecule has 0 radical (unpaired) electrons. The van der Waals surface area contributed by atoms with E-state index in [1.807, 2.05) is 0 Å². The van der Waals surface area contributed by atoms with Gasteiger partial charge in [-0.15, -0.1) is 0 Å². The first-order valence-electron chi connectivity index (χ1n) is 7.98. The van der Waals surface area contributed by atoms with Gasteiger partial charge in [-0.05, 0) is 49.9 Å². The molecular weight excluding hydrogens is 296 g/mol. The van der Waals surface area contributed by atoms with E-state index in [1.165, 1.54) is 0 Å². The lowest BCUT2D eigenvalue weighted by Crippen LogP contribution is -2.51. The number of nitrogens with one attached hydrogen (secondary N) is 3. The molecule has 22 heavy (non-hydrogen) atoms. The van der Waals surface area contributed by atoms with Crippen molar-refractivity contribution in [2.45, 2.75) is 56.5 Å². The predicted octanol–water partition coefficient (Wildman–Crippen LogP) is 1.33. The maximum absolute atomic E-state index is 12.7. The second-order valence-corrected chi connectivity index (χ2v) is 6.97. The number of fused-ring (bicyclic) bond motifs is 2. The summed E-state index contributed by atoms with van der Waals surface area (Å²) < 4.78 is 30.4. The predicted molar refractivity (Wildman–Crippen MR) is 71.7 cm³/mol. The summed E-state index contributed by atoms with van der Waals surface area (Å²) in [4.78, 5) is 16.3. The van der Waals surface area contributed by atoms with E-state index in [0.717, 1.165) is 32.1 Å². The molecule has 2 saturated carbocycles. The van der Waals surface area contributed by atoms with Crippen LogP contribution in [0.15, 0.2) is 0 Å². The zero-order chi connectivity index (χ0) is 15.3. The average molecular weight is 317 g/mol. The van der Waals surface area contributed by atoms with Gasteiger partial charge in [0.25, 0.3) is 6.43 Å². The molecule has 2 aliphatic carbocycles. The Labute approximate surface area is 127 Å². The zero-order valence-corrected chi connectivity index (χ0v) is 12.2. The SMILES string of the molecule is O=C1N[C@]2(CCC3CC(C4NOC(C(F)F)N4)CCC32)CO1. The minimum atomic E-state index is -2.53. The summed E-state index contributed by atoms with van der Waals surface area (Å²) >= 11 is 0. The van der Waals surface area contributed by atoms with Crippen molar-refractivity contribution in [1.29, 1.82) is 0 Å². The van der Waals surface area contributed by atoms with Gasteiger partial charge in [0, 0.05) is 0 Å². The summed E-state index contributed by atoms with van der Waals surface area (Å²) in [6, 6.07) is 0. The third-order valence-electron chi connectivity index (χ3n) is 5.87. The number of alkyl halides is 2. The lowest BCUT2D eigenvalue weighted by Gasteiger charge is -2.39. The number of hydrogen-bond acceptors (Lipinski definition) is 5. The molecule has 4 rings (SSSR count). The van der Waals surface area contributed by atoms with E-state index in [2.05, 4.69) is 16.1 Å². The molecule has 5 unspecified atom stereocenters. The molecule has 0 bridgehead atoms. The van der Waals surface area contributed by atoms with Gasteiger partial charge in [-0.25, -0.2) is 13.6 Å². The Morgan fingerprint density at radius 1 is 1.23 bits per heavy atom. The molecule has 3 N–H and O–H groups in total. The number of rotatable bonds is 2. The minimum Gasteiger partial charge on any atom is -0.447 e. The first-order chi connectivity index (χ1) is 10.6. The summed E-state index contributed by atoms with van der Waals surface area (Å²) in [7, 11) is 0. The number of amides is 1. The van der Waals surface area contributed by atoms with Crippen LogP contribution in [-0.2, 0) is 9.57 Å². The largest absolute Gasteiger partial charge is 0.447 e. The van der Waals surface area contributed by atoms with E-state index in [4.69, 9.17) is 9.57 Å². The van der Waals surface area contributed by atoms with Crippen molar-refractivity contribution in [3.63, 3.8) is 0 Å². The zero-order valence-electron chi connectivity index (χ0n) is 12.2. The Kier molecular flexibility index (Phi) is 3.50. The van der Waals surface area contributed by atoms with Gasteiger partial charge in [-0.1, -0.05) is 0 Å². The number of hydroxylamine groups is 1. The molecule has 1 amide bonds. The van der Waals surface area contributed by atoms with Crippen LogP contribution in [0.1, 0.15) is 32.1 Å². The van der Waals surface area contributed by atoms with Gasteiger partial charge in [-0.3, -0.25) is 10.2 Å². The molecule has 124 valence electrons. The van der Waals surface area contributed by atoms with Gasteiger partial charge in [-0.2, -0.15) is 5.48 Å². The number of halogens is 2. The average Bonchev–Trinajstić information content (AvgIpc) is 3.19. The van der Waals surface area contributed by atoms with E-state index in [0.29, 0.717) is 18.4 Å². The van der Waals surface area contributed by atoms with Crippen LogP contribution in [0, 0.1) is 17.8 Å². The Morgan fingerprint density at radius 3 is 2.77 bits per heavy atom. The van der Waals surface area contributed by atoms with E-state index in [-0.39, 0.29) is 23.7 Å². The lowest BCUT2D eigenvalue weighted by atomic mass is 9.70. The Balaban J connectivity index is 1.39. The number of carbonyl (C=O) groups excluding carboxylic acids is 1. The molecule has 1 spiro atoms. The van der Waals surface area contributed by atoms with Gasteiger partial charge >= 0.3 is 6.09 Å². The maximum Gasteiger partial charge on any atom is 0.407 e. The van der Waals surface area contributed by atoms with Crippen LogP contribution >= 0.6 is 0 Å². The first kappa shape index (κ1) is 14.6. The number of ether oxygens (including phenoxy) is 1. The first-order valence-corrected chi connectivity index (χ1v) is 7.98. The van der Waals surface area contributed by atoms with Crippen molar-refractivity contribution in [1.82, 2.24) is 16.1 Å². The van der Waals surface area contributed by atoms with Crippen LogP contribution in [0.4, 0.5) is 13.6 Å². The smallest absolute Gasteiger partial charge is 0.407 e. The van der Waals surface area contributed by atoms with Gasteiger partial charge in [0.05, 0.1) is 11.7 Å². The van der Waals surface area contributed by atoms with Crippen LogP contribution in [0.3, 0.4) is 0 Å². The van der Waals surface area contributed by atoms with Crippen molar-refractivity contribution >= 4 is 6.09 Å². The van der Waals surface area contributed by atoms with Gasteiger partial charge < -0.3 is 10.1 Å². The third kappa shape index (κ3) is 2.28. The Morgan fingerprint density at radius 2 is 2.09 bits per heavy atom. The lowest BCUT2D eigenvalue weighted by molar-refractivity contribution is -0.0689. The molecule has 2 heterocycles. The molecule has 2 aliphatic heterocycles. The maximum atomic E-state index is 12.7. The van der Waals surface area contributed by atoms with E-state index in [1.54, 1.807) is 0 Å². The topological polar surface area (TPSA) is 71.6 Å². The molecule has 8 heteroatoms. The summed E-state index contributed by atoms with van der Waals surface area (Å²) in [6.45, 7) is 0.466. The summed E-state index contributed by atoms with van der Waals surface area (Å²) in [5.74, 6) is 1.22. The second kappa shape index (κ2) is 5.28. The fourth-order valence-corrected chi connectivity index (χ4v) is 4.83. The van der Waals surface area contributed by atoms with Crippen LogP contribution < -0.4 is 16.1 Å². The highest BCUT2D eigenvalue weighted by atomic mass is 19.3. The highest BCUT2D eigenvalue weighted by molar-refractivity contribution is 5.71. The molecular formula is C14H21F2N3O3. The van der Waals surface area contributed by atoms with Crippen LogP contribution in [0.2, 0.25) is 0 Å². The molecule has 6 atom stereocenters. The van der Waals surface area contributed by atoms with Crippen LogP contribution in [0.25, 0.3) is 0 Å². The fourth-order valence-electron chi connectivity index (χ4n) is 4.83. The quantitative estimate of drug-likeness (QED) is 0.717. The molecule has 4 fully saturated rings. The molecule has 4 aliphatic rings. The Bertz CT molecular complexity index is 467. The minimum absolute atomic E-state index is 0.189. The van der Waals surface area contributed by atoms with Crippen molar-refractivity contribution in [3.05, 3.63) is 0 Å². The van der Waals surface area contributed by atoms with Crippen LogP contribution in [0.5, 0.6) is 0 Å². The Hall–Kier alpha value is -0.990.